The lowest BCUT2D eigenvalue weighted by Gasteiger charge is -2.33. The Hall–Kier alpha value is -2.37. The molecule has 22 heavy (non-hydrogen) atoms. The van der Waals surface area contributed by atoms with Crippen molar-refractivity contribution in [3.05, 3.63) is 27.8 Å². The Morgan fingerprint density at radius 2 is 2.05 bits per heavy atom. The van der Waals surface area contributed by atoms with E-state index in [0.29, 0.717) is 17.1 Å². The van der Waals surface area contributed by atoms with Crippen LogP contribution >= 0.6 is 0 Å². The molecule has 0 bridgehead atoms. The van der Waals surface area contributed by atoms with Gasteiger partial charge in [0.25, 0.3) is 5.69 Å². The second-order valence-corrected chi connectivity index (χ2v) is 5.19. The van der Waals surface area contributed by atoms with Crippen molar-refractivity contribution in [3.8, 4) is 17.6 Å². The Balaban J connectivity index is 2.02. The summed E-state index contributed by atoms with van der Waals surface area (Å²) in [4.78, 5) is 13.1. The van der Waals surface area contributed by atoms with Crippen LogP contribution in [0.4, 0.5) is 5.69 Å². The molecule has 0 amide bonds. The number of fused-ring (bicyclic) bond motifs is 1. The van der Waals surface area contributed by atoms with E-state index in [1.54, 1.807) is 6.07 Å². The average Bonchev–Trinajstić information content (AvgIpc) is 2.99. The first kappa shape index (κ1) is 14.6. The monoisotopic (exact) mass is 304 g/mol. The maximum absolute atomic E-state index is 11.4. The van der Waals surface area contributed by atoms with Gasteiger partial charge in [0.05, 0.1) is 35.1 Å². The van der Waals surface area contributed by atoms with Crippen molar-refractivity contribution in [1.29, 1.82) is 5.26 Å². The average molecular weight is 304 g/mol. The first-order chi connectivity index (χ1) is 10.7. The number of nitriles is 1. The number of rotatable bonds is 4. The summed E-state index contributed by atoms with van der Waals surface area (Å²) in [5, 5.41) is 23.8. The lowest BCUT2D eigenvalue weighted by atomic mass is 9.99. The molecule has 0 radical (unpaired) electrons. The fourth-order valence-electron chi connectivity index (χ4n) is 2.89. The molecule has 0 aromatic heterocycles. The zero-order chi connectivity index (χ0) is 15.5. The van der Waals surface area contributed by atoms with Crippen molar-refractivity contribution in [2.24, 2.45) is 0 Å². The highest BCUT2D eigenvalue weighted by Gasteiger charge is 2.31. The molecule has 0 aliphatic carbocycles. The van der Waals surface area contributed by atoms with Crippen molar-refractivity contribution >= 4 is 5.69 Å². The van der Waals surface area contributed by atoms with Crippen LogP contribution in [-0.2, 0) is 0 Å². The van der Waals surface area contributed by atoms with Crippen LogP contribution in [0.1, 0.15) is 18.0 Å². The van der Waals surface area contributed by atoms with Crippen LogP contribution < -0.4 is 14.8 Å². The molecule has 1 aromatic rings. The fourth-order valence-corrected chi connectivity index (χ4v) is 2.89. The summed E-state index contributed by atoms with van der Waals surface area (Å²) >= 11 is 0. The van der Waals surface area contributed by atoms with Crippen LogP contribution in [0.5, 0.6) is 11.5 Å². The zero-order valence-corrected chi connectivity index (χ0v) is 11.9. The Kier molecular flexibility index (Phi) is 4.09. The van der Waals surface area contributed by atoms with Crippen LogP contribution in [0.15, 0.2) is 12.1 Å². The molecule has 116 valence electrons. The van der Waals surface area contributed by atoms with Crippen molar-refractivity contribution in [2.75, 3.05) is 33.0 Å². The quantitative estimate of drug-likeness (QED) is 0.658. The molecule has 8 nitrogen and oxygen atoms in total. The van der Waals surface area contributed by atoms with E-state index in [-0.39, 0.29) is 24.9 Å². The molecule has 2 aliphatic rings. The smallest absolute Gasteiger partial charge is 0.278 e. The molecule has 2 heterocycles. The Labute approximate surface area is 127 Å². The van der Waals surface area contributed by atoms with Gasteiger partial charge >= 0.3 is 0 Å². The minimum atomic E-state index is -0.427. The van der Waals surface area contributed by atoms with E-state index in [0.717, 1.165) is 26.2 Å². The number of nitrogens with zero attached hydrogens (tertiary/aromatic N) is 3. The molecule has 0 spiro atoms. The predicted molar refractivity (Wildman–Crippen MR) is 76.6 cm³/mol. The second kappa shape index (κ2) is 6.17. The molecule has 1 aromatic carbocycles. The van der Waals surface area contributed by atoms with Crippen molar-refractivity contribution in [1.82, 2.24) is 10.2 Å². The molecular formula is C14H16N4O4. The van der Waals surface area contributed by atoms with Gasteiger partial charge in [-0.15, -0.1) is 0 Å². The van der Waals surface area contributed by atoms with Gasteiger partial charge in [-0.2, -0.15) is 5.26 Å². The van der Waals surface area contributed by atoms with Crippen molar-refractivity contribution < 1.29 is 14.4 Å². The molecular weight excluding hydrogens is 288 g/mol. The lowest BCUT2D eigenvalue weighted by molar-refractivity contribution is -0.386. The summed E-state index contributed by atoms with van der Waals surface area (Å²) in [6.45, 7) is 3.17. The second-order valence-electron chi connectivity index (χ2n) is 5.19. The summed E-state index contributed by atoms with van der Waals surface area (Å²) in [7, 11) is 0. The van der Waals surface area contributed by atoms with E-state index >= 15 is 0 Å². The minimum Gasteiger partial charge on any atom is -0.454 e. The normalized spacial score (nSPS) is 18.7. The van der Waals surface area contributed by atoms with E-state index in [1.807, 2.05) is 0 Å². The molecule has 1 atom stereocenters. The fraction of sp³-hybridized carbons (Fsp3) is 0.500. The number of hydrogen-bond acceptors (Lipinski definition) is 7. The van der Waals surface area contributed by atoms with Crippen LogP contribution in [0.25, 0.3) is 0 Å². The number of benzene rings is 1. The summed E-state index contributed by atoms with van der Waals surface area (Å²) < 4.78 is 10.5. The molecule has 8 heteroatoms. The van der Waals surface area contributed by atoms with Gasteiger partial charge in [0.2, 0.25) is 6.79 Å². The maximum atomic E-state index is 11.4. The van der Waals surface area contributed by atoms with Crippen LogP contribution in [-0.4, -0.2) is 42.8 Å². The number of nitrogens with one attached hydrogen (secondary N) is 1. The van der Waals surface area contributed by atoms with E-state index in [2.05, 4.69) is 16.3 Å². The van der Waals surface area contributed by atoms with E-state index in [9.17, 15) is 10.1 Å². The SMILES string of the molecule is N#CC[C@@H](c1cc2c(cc1[N+](=O)[O-])OCO2)N1CCNCC1. The number of piperazine rings is 1. The van der Waals surface area contributed by atoms with Gasteiger partial charge in [-0.3, -0.25) is 15.0 Å². The highest BCUT2D eigenvalue weighted by molar-refractivity contribution is 5.56. The van der Waals surface area contributed by atoms with Gasteiger partial charge in [0.15, 0.2) is 11.5 Å². The van der Waals surface area contributed by atoms with Crippen molar-refractivity contribution in [3.63, 3.8) is 0 Å². The van der Waals surface area contributed by atoms with Gasteiger partial charge < -0.3 is 14.8 Å². The molecule has 0 saturated carbocycles. The third-order valence-corrected chi connectivity index (χ3v) is 3.95. The largest absolute Gasteiger partial charge is 0.454 e. The highest BCUT2D eigenvalue weighted by Crippen LogP contribution is 2.42. The standard InChI is InChI=1S/C14H16N4O4/c15-2-1-11(17-5-3-16-4-6-17)10-7-13-14(22-9-21-13)8-12(10)18(19)20/h7-8,11,16H,1,3-6,9H2/t11-/m0/s1. The topological polar surface area (TPSA) is 101 Å². The molecule has 3 rings (SSSR count). The third kappa shape index (κ3) is 2.68. The Morgan fingerprint density at radius 1 is 1.36 bits per heavy atom. The summed E-state index contributed by atoms with van der Waals surface area (Å²) in [6.07, 6.45) is 0.195. The third-order valence-electron chi connectivity index (χ3n) is 3.95. The van der Waals surface area contributed by atoms with Gasteiger partial charge in [-0.25, -0.2) is 0 Å². The van der Waals surface area contributed by atoms with E-state index < -0.39 is 4.92 Å². The first-order valence-electron chi connectivity index (χ1n) is 7.10. The highest BCUT2D eigenvalue weighted by atomic mass is 16.7. The summed E-state index contributed by atoms with van der Waals surface area (Å²) in [6, 6.07) is 4.86. The van der Waals surface area contributed by atoms with Gasteiger partial charge in [-0.05, 0) is 6.07 Å². The summed E-state index contributed by atoms with van der Waals surface area (Å²) in [5.41, 5.74) is 0.487. The van der Waals surface area contributed by atoms with Crippen LogP contribution in [0.2, 0.25) is 0 Å². The minimum absolute atomic E-state index is 0.0250. The Morgan fingerprint density at radius 3 is 2.68 bits per heavy atom. The number of hydrogen-bond donors (Lipinski definition) is 1. The van der Waals surface area contributed by atoms with Crippen LogP contribution in [0, 0.1) is 21.4 Å². The summed E-state index contributed by atoms with van der Waals surface area (Å²) in [5.74, 6) is 0.880. The molecule has 1 fully saturated rings. The van der Waals surface area contributed by atoms with Crippen molar-refractivity contribution in [2.45, 2.75) is 12.5 Å². The van der Waals surface area contributed by atoms with Gasteiger partial charge in [-0.1, -0.05) is 0 Å². The lowest BCUT2D eigenvalue weighted by Crippen LogP contribution is -2.45. The molecule has 1 saturated heterocycles. The maximum Gasteiger partial charge on any atom is 0.278 e. The Bertz CT molecular complexity index is 622. The van der Waals surface area contributed by atoms with Gasteiger partial charge in [0.1, 0.15) is 0 Å². The molecule has 1 N–H and O–H groups in total. The first-order valence-corrected chi connectivity index (χ1v) is 7.10. The zero-order valence-electron chi connectivity index (χ0n) is 11.9. The van der Waals surface area contributed by atoms with E-state index in [4.69, 9.17) is 14.7 Å². The number of nitro benzene ring substituents is 1. The molecule has 2 aliphatic heterocycles. The van der Waals surface area contributed by atoms with Crippen LogP contribution in [0.3, 0.4) is 0 Å². The number of nitro groups is 1. The predicted octanol–water partition coefficient (Wildman–Crippen LogP) is 1.18. The molecule has 0 unspecified atom stereocenters. The van der Waals surface area contributed by atoms with E-state index in [1.165, 1.54) is 6.07 Å². The number of ether oxygens (including phenoxy) is 2. The van der Waals surface area contributed by atoms with Gasteiger partial charge in [0, 0.05) is 26.2 Å².